The molecule has 0 aromatic heterocycles. The minimum Gasteiger partial charge on any atom is -0.484 e. The third kappa shape index (κ3) is 3.76. The fourth-order valence-corrected chi connectivity index (χ4v) is 2.34. The molecule has 0 bridgehead atoms. The minimum atomic E-state index is -0.149. The molecular formula is C18H24N2O. The van der Waals surface area contributed by atoms with Crippen LogP contribution < -0.4 is 15.4 Å². The summed E-state index contributed by atoms with van der Waals surface area (Å²) in [5.74, 6) is 0.840. The molecule has 0 amide bonds. The van der Waals surface area contributed by atoms with Crippen LogP contribution in [0.15, 0.2) is 48.5 Å². The molecule has 2 unspecified atom stereocenters. The van der Waals surface area contributed by atoms with Gasteiger partial charge in [0.1, 0.15) is 11.9 Å². The summed E-state index contributed by atoms with van der Waals surface area (Å²) >= 11 is 0. The molecule has 21 heavy (non-hydrogen) atoms. The summed E-state index contributed by atoms with van der Waals surface area (Å²) in [7, 11) is 4.03. The van der Waals surface area contributed by atoms with Gasteiger partial charge < -0.3 is 15.4 Å². The van der Waals surface area contributed by atoms with Gasteiger partial charge >= 0.3 is 0 Å². The Bertz CT molecular complexity index is 593. The molecule has 0 aliphatic heterocycles. The Balaban J connectivity index is 2.29. The van der Waals surface area contributed by atoms with Crippen molar-refractivity contribution in [1.29, 1.82) is 0 Å². The Kier molecular flexibility index (Phi) is 4.86. The van der Waals surface area contributed by atoms with E-state index in [-0.39, 0.29) is 12.1 Å². The van der Waals surface area contributed by atoms with Gasteiger partial charge in [-0.1, -0.05) is 30.3 Å². The largest absolute Gasteiger partial charge is 0.484 e. The Morgan fingerprint density at radius 1 is 1.05 bits per heavy atom. The maximum Gasteiger partial charge on any atom is 0.139 e. The zero-order valence-corrected chi connectivity index (χ0v) is 13.2. The van der Waals surface area contributed by atoms with Crippen LogP contribution in [-0.4, -0.2) is 20.1 Å². The maximum atomic E-state index is 6.18. The van der Waals surface area contributed by atoms with Crippen LogP contribution in [0.25, 0.3) is 0 Å². The van der Waals surface area contributed by atoms with E-state index < -0.39 is 0 Å². The Morgan fingerprint density at radius 3 is 2.38 bits per heavy atom. The van der Waals surface area contributed by atoms with E-state index in [0.29, 0.717) is 0 Å². The van der Waals surface area contributed by atoms with Gasteiger partial charge in [0.15, 0.2) is 0 Å². The van der Waals surface area contributed by atoms with Crippen molar-refractivity contribution < 1.29 is 4.74 Å². The van der Waals surface area contributed by atoms with Crippen molar-refractivity contribution in [3.63, 3.8) is 0 Å². The van der Waals surface area contributed by atoms with Crippen LogP contribution in [-0.2, 0) is 0 Å². The number of benzene rings is 2. The number of aryl methyl sites for hydroxylation is 1. The van der Waals surface area contributed by atoms with Gasteiger partial charge in [0.25, 0.3) is 0 Å². The summed E-state index contributed by atoms with van der Waals surface area (Å²) in [6.07, 6.45) is -0.149. The predicted octanol–water partition coefficient (Wildman–Crippen LogP) is 3.53. The van der Waals surface area contributed by atoms with Crippen molar-refractivity contribution in [2.24, 2.45) is 5.73 Å². The van der Waals surface area contributed by atoms with Crippen LogP contribution in [0.3, 0.4) is 0 Å². The highest BCUT2D eigenvalue weighted by Gasteiger charge is 2.20. The molecule has 2 aromatic carbocycles. The Hall–Kier alpha value is -2.00. The van der Waals surface area contributed by atoms with E-state index in [2.05, 4.69) is 30.0 Å². The average molecular weight is 284 g/mol. The van der Waals surface area contributed by atoms with Gasteiger partial charge in [-0.15, -0.1) is 0 Å². The molecule has 0 radical (unpaired) electrons. The number of rotatable bonds is 5. The number of ether oxygens (including phenoxy) is 1. The average Bonchev–Trinajstić information content (AvgIpc) is 2.45. The van der Waals surface area contributed by atoms with Crippen molar-refractivity contribution in [2.75, 3.05) is 19.0 Å². The zero-order chi connectivity index (χ0) is 15.4. The van der Waals surface area contributed by atoms with E-state index >= 15 is 0 Å². The molecule has 3 heteroatoms. The van der Waals surface area contributed by atoms with Gasteiger partial charge in [-0.05, 0) is 37.1 Å². The molecule has 0 fully saturated rings. The Morgan fingerprint density at radius 2 is 1.76 bits per heavy atom. The van der Waals surface area contributed by atoms with Crippen LogP contribution in [0.1, 0.15) is 24.2 Å². The first-order valence-electron chi connectivity index (χ1n) is 7.24. The number of anilines is 1. The molecule has 0 saturated heterocycles. The summed E-state index contributed by atoms with van der Waals surface area (Å²) in [4.78, 5) is 2.06. The molecule has 0 aliphatic rings. The summed E-state index contributed by atoms with van der Waals surface area (Å²) in [6.45, 7) is 4.07. The molecule has 2 N–H and O–H groups in total. The third-order valence-corrected chi connectivity index (χ3v) is 3.57. The molecule has 0 aliphatic carbocycles. The predicted molar refractivity (Wildman–Crippen MR) is 89.0 cm³/mol. The summed E-state index contributed by atoms with van der Waals surface area (Å²) < 4.78 is 6.18. The highest BCUT2D eigenvalue weighted by atomic mass is 16.5. The fraction of sp³-hybridized carbons (Fsp3) is 0.333. The lowest BCUT2D eigenvalue weighted by Crippen LogP contribution is -2.29. The SMILES string of the molecule is Cc1ccccc1C(Oc1cccc(N(C)C)c1)C(C)N. The molecule has 0 spiro atoms. The Labute approximate surface area is 127 Å². The molecule has 2 rings (SSSR count). The quantitative estimate of drug-likeness (QED) is 0.913. The number of nitrogens with two attached hydrogens (primary N) is 1. The number of nitrogens with zero attached hydrogens (tertiary/aromatic N) is 1. The molecule has 2 atom stereocenters. The normalized spacial score (nSPS) is 13.6. The molecule has 0 heterocycles. The summed E-state index contributed by atoms with van der Waals surface area (Å²) in [5, 5.41) is 0. The lowest BCUT2D eigenvalue weighted by Gasteiger charge is -2.25. The second-order valence-corrected chi connectivity index (χ2v) is 5.65. The molecular weight excluding hydrogens is 260 g/mol. The number of hydrogen-bond donors (Lipinski definition) is 1. The molecule has 0 saturated carbocycles. The molecule has 2 aromatic rings. The molecule has 112 valence electrons. The van der Waals surface area contributed by atoms with Crippen molar-refractivity contribution in [3.8, 4) is 5.75 Å². The lowest BCUT2D eigenvalue weighted by molar-refractivity contribution is 0.180. The van der Waals surface area contributed by atoms with Crippen LogP contribution in [0.5, 0.6) is 5.75 Å². The summed E-state index contributed by atoms with van der Waals surface area (Å²) in [5.41, 5.74) is 9.60. The minimum absolute atomic E-state index is 0.0888. The highest BCUT2D eigenvalue weighted by Crippen LogP contribution is 2.28. The van der Waals surface area contributed by atoms with Gasteiger partial charge in [0.2, 0.25) is 0 Å². The van der Waals surface area contributed by atoms with E-state index in [0.717, 1.165) is 17.0 Å². The van der Waals surface area contributed by atoms with Crippen LogP contribution in [0.4, 0.5) is 5.69 Å². The van der Waals surface area contributed by atoms with Gasteiger partial charge in [0, 0.05) is 31.9 Å². The number of hydrogen-bond acceptors (Lipinski definition) is 3. The van der Waals surface area contributed by atoms with Gasteiger partial charge in [-0.2, -0.15) is 0 Å². The van der Waals surface area contributed by atoms with Gasteiger partial charge in [0.05, 0.1) is 0 Å². The first-order valence-corrected chi connectivity index (χ1v) is 7.24. The van der Waals surface area contributed by atoms with Gasteiger partial charge in [-0.25, -0.2) is 0 Å². The van der Waals surface area contributed by atoms with E-state index in [1.54, 1.807) is 0 Å². The van der Waals surface area contributed by atoms with Crippen molar-refractivity contribution in [2.45, 2.75) is 26.0 Å². The molecule has 3 nitrogen and oxygen atoms in total. The third-order valence-electron chi connectivity index (χ3n) is 3.57. The van der Waals surface area contributed by atoms with E-state index in [9.17, 15) is 0 Å². The topological polar surface area (TPSA) is 38.5 Å². The zero-order valence-electron chi connectivity index (χ0n) is 13.2. The van der Waals surface area contributed by atoms with Gasteiger partial charge in [-0.3, -0.25) is 0 Å². The second-order valence-electron chi connectivity index (χ2n) is 5.65. The standard InChI is InChI=1S/C18H24N2O/c1-13-8-5-6-11-17(13)18(14(2)19)21-16-10-7-9-15(12-16)20(3)4/h5-12,14,18H,19H2,1-4H3. The van der Waals surface area contributed by atoms with Crippen LogP contribution in [0, 0.1) is 6.92 Å². The van der Waals surface area contributed by atoms with Crippen molar-refractivity contribution in [3.05, 3.63) is 59.7 Å². The first kappa shape index (κ1) is 15.4. The second kappa shape index (κ2) is 6.64. The van der Waals surface area contributed by atoms with E-state index in [1.807, 2.05) is 51.4 Å². The smallest absolute Gasteiger partial charge is 0.139 e. The first-order chi connectivity index (χ1) is 9.99. The monoisotopic (exact) mass is 284 g/mol. The van der Waals surface area contributed by atoms with Crippen molar-refractivity contribution in [1.82, 2.24) is 0 Å². The fourth-order valence-electron chi connectivity index (χ4n) is 2.34. The van der Waals surface area contributed by atoms with E-state index in [1.165, 1.54) is 5.56 Å². The van der Waals surface area contributed by atoms with Crippen LogP contribution >= 0.6 is 0 Å². The van der Waals surface area contributed by atoms with E-state index in [4.69, 9.17) is 10.5 Å². The maximum absolute atomic E-state index is 6.18. The van der Waals surface area contributed by atoms with Crippen molar-refractivity contribution >= 4 is 5.69 Å². The lowest BCUT2D eigenvalue weighted by atomic mass is 9.99. The summed E-state index contributed by atoms with van der Waals surface area (Å²) in [6, 6.07) is 16.2. The van der Waals surface area contributed by atoms with Crippen LogP contribution in [0.2, 0.25) is 0 Å². The highest BCUT2D eigenvalue weighted by molar-refractivity contribution is 5.49.